The van der Waals surface area contributed by atoms with Crippen LogP contribution in [0, 0.1) is 0 Å². The smallest absolute Gasteiger partial charge is 0.253 e. The molecule has 1 heterocycles. The second kappa shape index (κ2) is 8.49. The van der Waals surface area contributed by atoms with Crippen LogP contribution in [0.5, 0.6) is 5.75 Å². The predicted octanol–water partition coefficient (Wildman–Crippen LogP) is 1.79. The molecule has 2 aromatic carbocycles. The minimum absolute atomic E-state index is 0.00521. The number of rotatable bonds is 6. The summed E-state index contributed by atoms with van der Waals surface area (Å²) < 4.78 is 10.7. The Morgan fingerprint density at radius 3 is 2.62 bits per heavy atom. The number of carbonyl (C=O) groups excluding carboxylic acids is 2. The number of nitrogens with one attached hydrogen (secondary N) is 1. The lowest BCUT2D eigenvalue weighted by atomic mass is 10.1. The Bertz CT molecular complexity index is 746. The van der Waals surface area contributed by atoms with E-state index in [1.807, 2.05) is 54.6 Å². The van der Waals surface area contributed by atoms with Crippen LogP contribution in [0.2, 0.25) is 0 Å². The van der Waals surface area contributed by atoms with Crippen LogP contribution in [0.1, 0.15) is 5.56 Å². The number of amides is 2. The highest BCUT2D eigenvalue weighted by atomic mass is 16.5. The molecule has 1 aliphatic rings. The molecule has 1 saturated heterocycles. The first-order chi connectivity index (χ1) is 12.7. The topological polar surface area (TPSA) is 67.9 Å². The fraction of sp³-hybridized carbons (Fsp3) is 0.300. The van der Waals surface area contributed by atoms with Crippen molar-refractivity contribution in [2.45, 2.75) is 12.5 Å². The summed E-state index contributed by atoms with van der Waals surface area (Å²) in [6.07, 6.45) is 0.0869. The van der Waals surface area contributed by atoms with Crippen LogP contribution in [0.4, 0.5) is 5.69 Å². The minimum Gasteiger partial charge on any atom is -0.497 e. The standard InChI is InChI=1S/C20H22N2O4/c1-25-17-9-7-16(8-10-17)22-13-18(26-14-20(22)24)12-21-19(23)11-15-5-3-2-4-6-15/h2-10,18H,11-14H2,1H3,(H,21,23). The van der Waals surface area contributed by atoms with Crippen LogP contribution in [-0.2, 0) is 20.7 Å². The SMILES string of the molecule is COc1ccc(N2CC(CNC(=O)Cc3ccccc3)OCC2=O)cc1. The Morgan fingerprint density at radius 1 is 1.19 bits per heavy atom. The van der Waals surface area contributed by atoms with Gasteiger partial charge in [-0.25, -0.2) is 0 Å². The third-order valence-electron chi connectivity index (χ3n) is 4.25. The fourth-order valence-electron chi connectivity index (χ4n) is 2.83. The van der Waals surface area contributed by atoms with E-state index in [4.69, 9.17) is 9.47 Å². The van der Waals surface area contributed by atoms with Gasteiger partial charge in [-0.2, -0.15) is 0 Å². The van der Waals surface area contributed by atoms with Gasteiger partial charge >= 0.3 is 0 Å². The third kappa shape index (κ3) is 4.61. The second-order valence-electron chi connectivity index (χ2n) is 6.10. The van der Waals surface area contributed by atoms with Crippen LogP contribution in [0.3, 0.4) is 0 Å². The minimum atomic E-state index is -0.241. The van der Waals surface area contributed by atoms with Gasteiger partial charge in [0.2, 0.25) is 5.91 Å². The summed E-state index contributed by atoms with van der Waals surface area (Å²) in [5.74, 6) is 0.578. The first-order valence-corrected chi connectivity index (χ1v) is 8.52. The molecule has 1 fully saturated rings. The lowest BCUT2D eigenvalue weighted by Gasteiger charge is -2.33. The van der Waals surface area contributed by atoms with Crippen molar-refractivity contribution in [2.75, 3.05) is 31.7 Å². The molecular formula is C20H22N2O4. The van der Waals surface area contributed by atoms with Crippen molar-refractivity contribution < 1.29 is 19.1 Å². The molecule has 1 N–H and O–H groups in total. The van der Waals surface area contributed by atoms with Gasteiger partial charge in [0.1, 0.15) is 12.4 Å². The Labute approximate surface area is 152 Å². The van der Waals surface area contributed by atoms with Crippen LogP contribution >= 0.6 is 0 Å². The van der Waals surface area contributed by atoms with Gasteiger partial charge in [0, 0.05) is 12.2 Å². The van der Waals surface area contributed by atoms with E-state index in [0.717, 1.165) is 17.0 Å². The largest absolute Gasteiger partial charge is 0.497 e. The quantitative estimate of drug-likeness (QED) is 0.859. The molecule has 0 radical (unpaired) electrons. The van der Waals surface area contributed by atoms with Gasteiger partial charge < -0.3 is 19.7 Å². The van der Waals surface area contributed by atoms with E-state index in [0.29, 0.717) is 19.5 Å². The van der Waals surface area contributed by atoms with Crippen molar-refractivity contribution in [3.8, 4) is 5.75 Å². The molecule has 0 spiro atoms. The molecule has 0 bridgehead atoms. The maximum Gasteiger partial charge on any atom is 0.253 e. The predicted molar refractivity (Wildman–Crippen MR) is 98.2 cm³/mol. The van der Waals surface area contributed by atoms with Crippen LogP contribution in [-0.4, -0.2) is 44.7 Å². The number of hydrogen-bond donors (Lipinski definition) is 1. The van der Waals surface area contributed by atoms with E-state index in [2.05, 4.69) is 5.32 Å². The zero-order valence-electron chi connectivity index (χ0n) is 14.7. The molecule has 1 aliphatic heterocycles. The number of anilines is 1. The Kier molecular flexibility index (Phi) is 5.86. The molecule has 26 heavy (non-hydrogen) atoms. The molecule has 0 saturated carbocycles. The lowest BCUT2D eigenvalue weighted by Crippen LogP contribution is -2.50. The van der Waals surface area contributed by atoms with Crippen molar-refractivity contribution >= 4 is 17.5 Å². The molecule has 136 valence electrons. The van der Waals surface area contributed by atoms with Gasteiger partial charge in [-0.1, -0.05) is 30.3 Å². The highest BCUT2D eigenvalue weighted by Crippen LogP contribution is 2.21. The highest BCUT2D eigenvalue weighted by Gasteiger charge is 2.27. The number of ether oxygens (including phenoxy) is 2. The van der Waals surface area contributed by atoms with Gasteiger partial charge in [-0.05, 0) is 29.8 Å². The van der Waals surface area contributed by atoms with E-state index in [9.17, 15) is 9.59 Å². The van der Waals surface area contributed by atoms with Gasteiger partial charge in [-0.3, -0.25) is 9.59 Å². The van der Waals surface area contributed by atoms with Crippen molar-refractivity contribution in [1.29, 1.82) is 0 Å². The summed E-state index contributed by atoms with van der Waals surface area (Å²) >= 11 is 0. The zero-order valence-corrected chi connectivity index (χ0v) is 14.7. The van der Waals surface area contributed by atoms with Gasteiger partial charge in [0.25, 0.3) is 5.91 Å². The van der Waals surface area contributed by atoms with E-state index in [-0.39, 0.29) is 24.5 Å². The van der Waals surface area contributed by atoms with E-state index < -0.39 is 0 Å². The van der Waals surface area contributed by atoms with E-state index in [1.54, 1.807) is 12.0 Å². The normalized spacial score (nSPS) is 17.0. The molecule has 3 rings (SSSR count). The van der Waals surface area contributed by atoms with Crippen LogP contribution in [0.15, 0.2) is 54.6 Å². The van der Waals surface area contributed by atoms with Gasteiger partial charge in [0.15, 0.2) is 0 Å². The Hall–Kier alpha value is -2.86. The number of morpholine rings is 1. The first kappa shape index (κ1) is 17.9. The molecule has 6 nitrogen and oxygen atoms in total. The monoisotopic (exact) mass is 354 g/mol. The summed E-state index contributed by atoms with van der Waals surface area (Å²) in [5, 5.41) is 2.88. The van der Waals surface area contributed by atoms with Crippen LogP contribution < -0.4 is 15.0 Å². The number of carbonyl (C=O) groups is 2. The molecule has 2 aromatic rings. The molecule has 6 heteroatoms. The molecule has 1 unspecified atom stereocenters. The fourth-order valence-corrected chi connectivity index (χ4v) is 2.83. The molecule has 0 aromatic heterocycles. The summed E-state index contributed by atoms with van der Waals surface area (Å²) in [4.78, 5) is 25.9. The molecule has 2 amide bonds. The maximum absolute atomic E-state index is 12.2. The van der Waals surface area contributed by atoms with E-state index in [1.165, 1.54) is 0 Å². The summed E-state index contributed by atoms with van der Waals surface area (Å²) in [6.45, 7) is 0.771. The lowest BCUT2D eigenvalue weighted by molar-refractivity contribution is -0.129. The Balaban J connectivity index is 1.54. The number of methoxy groups -OCH3 is 1. The highest BCUT2D eigenvalue weighted by molar-refractivity contribution is 5.95. The van der Waals surface area contributed by atoms with E-state index >= 15 is 0 Å². The summed E-state index contributed by atoms with van der Waals surface area (Å²) in [5.41, 5.74) is 1.75. The molecular weight excluding hydrogens is 332 g/mol. The van der Waals surface area contributed by atoms with Crippen molar-refractivity contribution in [3.05, 3.63) is 60.2 Å². The maximum atomic E-state index is 12.2. The number of nitrogens with zero attached hydrogens (tertiary/aromatic N) is 1. The van der Waals surface area contributed by atoms with Crippen molar-refractivity contribution in [1.82, 2.24) is 5.32 Å². The van der Waals surface area contributed by atoms with Crippen molar-refractivity contribution in [3.63, 3.8) is 0 Å². The molecule has 0 aliphatic carbocycles. The van der Waals surface area contributed by atoms with Crippen molar-refractivity contribution in [2.24, 2.45) is 0 Å². The number of hydrogen-bond acceptors (Lipinski definition) is 4. The third-order valence-corrected chi connectivity index (χ3v) is 4.25. The van der Waals surface area contributed by atoms with Gasteiger partial charge in [-0.15, -0.1) is 0 Å². The Morgan fingerprint density at radius 2 is 1.92 bits per heavy atom. The van der Waals surface area contributed by atoms with Crippen LogP contribution in [0.25, 0.3) is 0 Å². The zero-order chi connectivity index (χ0) is 18.4. The average Bonchev–Trinajstić information content (AvgIpc) is 2.68. The summed E-state index contributed by atoms with van der Waals surface area (Å²) in [6, 6.07) is 16.9. The van der Waals surface area contributed by atoms with Gasteiger partial charge in [0.05, 0.1) is 26.2 Å². The average molecular weight is 354 g/mol. The summed E-state index contributed by atoms with van der Waals surface area (Å²) in [7, 11) is 1.60. The first-order valence-electron chi connectivity index (χ1n) is 8.52. The second-order valence-corrected chi connectivity index (χ2v) is 6.10. The number of benzene rings is 2. The molecule has 1 atom stereocenters.